The summed E-state index contributed by atoms with van der Waals surface area (Å²) in [5, 5.41) is 5.14. The van der Waals surface area contributed by atoms with Crippen molar-refractivity contribution in [2.45, 2.75) is 43.9 Å². The quantitative estimate of drug-likeness (QED) is 0.596. The summed E-state index contributed by atoms with van der Waals surface area (Å²) in [6.45, 7) is 2.51. The number of halogens is 2. The molecule has 1 aromatic carbocycles. The maximum atomic E-state index is 6.51. The molecule has 0 unspecified atom stereocenters. The van der Waals surface area contributed by atoms with Crippen LogP contribution in [0.4, 0.5) is 0 Å². The van der Waals surface area contributed by atoms with Crippen molar-refractivity contribution in [3.8, 4) is 0 Å². The van der Waals surface area contributed by atoms with Crippen LogP contribution in [-0.2, 0) is 10.2 Å². The molecule has 118 valence electrons. The molecule has 0 saturated heterocycles. The lowest BCUT2D eigenvalue weighted by molar-refractivity contribution is 0.195. The van der Waals surface area contributed by atoms with Crippen molar-refractivity contribution in [3.63, 3.8) is 0 Å². The van der Waals surface area contributed by atoms with E-state index in [9.17, 15) is 0 Å². The summed E-state index contributed by atoms with van der Waals surface area (Å²) in [4.78, 5) is 0. The van der Waals surface area contributed by atoms with Crippen molar-refractivity contribution in [2.24, 2.45) is 0 Å². The smallest absolute Gasteiger partial charge is 0.0587 e. The first-order valence-corrected chi connectivity index (χ1v) is 8.59. The Morgan fingerprint density at radius 1 is 1.10 bits per heavy atom. The average Bonchev–Trinajstić information content (AvgIpc) is 2.70. The van der Waals surface area contributed by atoms with Gasteiger partial charge >= 0.3 is 0 Å². The number of nitrogens with one attached hydrogen (secondary N) is 1. The zero-order chi connectivity index (χ0) is 15.1. The van der Waals surface area contributed by atoms with Crippen LogP contribution in [0, 0.1) is 0 Å². The molecule has 0 amide bonds. The Bertz CT molecular complexity index is 422. The summed E-state index contributed by atoms with van der Waals surface area (Å²) in [5.74, 6) is 0. The van der Waals surface area contributed by atoms with Gasteiger partial charge in [-0.05, 0) is 30.5 Å². The molecule has 2 rings (SSSR count). The molecule has 0 spiro atoms. The van der Waals surface area contributed by atoms with Gasteiger partial charge in [0, 0.05) is 35.7 Å². The highest BCUT2D eigenvalue weighted by Gasteiger charge is 2.35. The molecular weight excluding hydrogens is 305 g/mol. The van der Waals surface area contributed by atoms with Crippen molar-refractivity contribution in [1.82, 2.24) is 5.32 Å². The van der Waals surface area contributed by atoms with Crippen LogP contribution >= 0.6 is 23.2 Å². The molecule has 0 radical (unpaired) electrons. The Morgan fingerprint density at radius 3 is 2.29 bits per heavy atom. The standard InChI is InChI=1S/C17H25Cl2NO/c1-21-12-11-20-13-17(9-4-2-3-5-10-17)16-14(18)7-6-8-15(16)19/h6-8,20H,2-5,9-13H2,1H3. The molecule has 1 fully saturated rings. The van der Waals surface area contributed by atoms with Crippen LogP contribution in [0.15, 0.2) is 18.2 Å². The number of rotatable bonds is 6. The van der Waals surface area contributed by atoms with Crippen molar-refractivity contribution in [1.29, 1.82) is 0 Å². The summed E-state index contributed by atoms with van der Waals surface area (Å²) < 4.78 is 5.13. The van der Waals surface area contributed by atoms with Gasteiger partial charge in [-0.3, -0.25) is 0 Å². The normalized spacial score (nSPS) is 18.4. The lowest BCUT2D eigenvalue weighted by atomic mass is 9.74. The monoisotopic (exact) mass is 329 g/mol. The molecule has 1 aliphatic rings. The van der Waals surface area contributed by atoms with Gasteiger partial charge in [0.2, 0.25) is 0 Å². The van der Waals surface area contributed by atoms with Crippen LogP contribution in [0.25, 0.3) is 0 Å². The van der Waals surface area contributed by atoms with Crippen molar-refractivity contribution >= 4 is 23.2 Å². The second-order valence-corrected chi connectivity index (χ2v) is 6.78. The van der Waals surface area contributed by atoms with Gasteiger partial charge in [-0.25, -0.2) is 0 Å². The van der Waals surface area contributed by atoms with E-state index in [1.165, 1.54) is 25.7 Å². The summed E-state index contributed by atoms with van der Waals surface area (Å²) in [5.41, 5.74) is 1.19. The van der Waals surface area contributed by atoms with E-state index in [2.05, 4.69) is 5.32 Å². The van der Waals surface area contributed by atoms with E-state index in [-0.39, 0.29) is 5.41 Å². The molecule has 0 aromatic heterocycles. The number of benzene rings is 1. The summed E-state index contributed by atoms with van der Waals surface area (Å²) >= 11 is 13.0. The van der Waals surface area contributed by atoms with E-state index < -0.39 is 0 Å². The molecule has 0 atom stereocenters. The Morgan fingerprint density at radius 2 is 1.71 bits per heavy atom. The van der Waals surface area contributed by atoms with E-state index in [1.807, 2.05) is 18.2 Å². The molecule has 1 aliphatic carbocycles. The fraction of sp³-hybridized carbons (Fsp3) is 0.647. The van der Waals surface area contributed by atoms with Crippen molar-refractivity contribution < 1.29 is 4.74 Å². The SMILES string of the molecule is COCCNCC1(c2c(Cl)cccc2Cl)CCCCCC1. The largest absolute Gasteiger partial charge is 0.383 e. The average molecular weight is 330 g/mol. The molecule has 1 N–H and O–H groups in total. The molecule has 0 aliphatic heterocycles. The van der Waals surface area contributed by atoms with E-state index in [1.54, 1.807) is 7.11 Å². The Labute approximate surface area is 138 Å². The minimum atomic E-state index is 0.0552. The highest BCUT2D eigenvalue weighted by molar-refractivity contribution is 6.36. The van der Waals surface area contributed by atoms with Crippen LogP contribution in [0.2, 0.25) is 10.0 Å². The number of ether oxygens (including phenoxy) is 1. The lowest BCUT2D eigenvalue weighted by Crippen LogP contribution is -2.39. The van der Waals surface area contributed by atoms with Crippen LogP contribution in [0.3, 0.4) is 0 Å². The summed E-state index contributed by atoms with van der Waals surface area (Å²) in [6.07, 6.45) is 7.40. The summed E-state index contributed by atoms with van der Waals surface area (Å²) in [7, 11) is 1.73. The second kappa shape index (κ2) is 8.38. The predicted octanol–water partition coefficient (Wildman–Crippen LogP) is 4.82. The van der Waals surface area contributed by atoms with Crippen molar-refractivity contribution in [3.05, 3.63) is 33.8 Å². The molecule has 0 heterocycles. The number of hydrogen-bond donors (Lipinski definition) is 1. The zero-order valence-electron chi connectivity index (χ0n) is 12.8. The molecule has 1 aromatic rings. The third kappa shape index (κ3) is 4.35. The van der Waals surface area contributed by atoms with E-state index in [0.717, 1.165) is 48.1 Å². The van der Waals surface area contributed by atoms with Gasteiger partial charge in [0.15, 0.2) is 0 Å². The van der Waals surface area contributed by atoms with Gasteiger partial charge in [-0.15, -0.1) is 0 Å². The first-order chi connectivity index (χ1) is 10.2. The highest BCUT2D eigenvalue weighted by atomic mass is 35.5. The van der Waals surface area contributed by atoms with Crippen LogP contribution < -0.4 is 5.32 Å². The maximum absolute atomic E-state index is 6.51. The maximum Gasteiger partial charge on any atom is 0.0587 e. The molecule has 0 bridgehead atoms. The van der Waals surface area contributed by atoms with E-state index in [0.29, 0.717) is 0 Å². The van der Waals surface area contributed by atoms with Gasteiger partial charge in [-0.1, -0.05) is 55.0 Å². The highest BCUT2D eigenvalue weighted by Crippen LogP contribution is 2.44. The lowest BCUT2D eigenvalue weighted by Gasteiger charge is -2.35. The zero-order valence-corrected chi connectivity index (χ0v) is 14.3. The van der Waals surface area contributed by atoms with Gasteiger partial charge in [0.05, 0.1) is 6.61 Å². The molecule has 4 heteroatoms. The first kappa shape index (κ1) is 17.1. The Balaban J connectivity index is 2.26. The first-order valence-electron chi connectivity index (χ1n) is 7.84. The molecule has 2 nitrogen and oxygen atoms in total. The molecular formula is C17H25Cl2NO. The minimum Gasteiger partial charge on any atom is -0.383 e. The fourth-order valence-electron chi connectivity index (χ4n) is 3.43. The third-order valence-corrected chi connectivity index (χ3v) is 5.13. The van der Waals surface area contributed by atoms with Gasteiger partial charge in [-0.2, -0.15) is 0 Å². The van der Waals surface area contributed by atoms with Gasteiger partial charge < -0.3 is 10.1 Å². The fourth-order valence-corrected chi connectivity index (χ4v) is 4.23. The summed E-state index contributed by atoms with van der Waals surface area (Å²) in [6, 6.07) is 5.85. The second-order valence-electron chi connectivity index (χ2n) is 5.96. The predicted molar refractivity (Wildman–Crippen MR) is 90.6 cm³/mol. The molecule has 21 heavy (non-hydrogen) atoms. The van der Waals surface area contributed by atoms with Crippen molar-refractivity contribution in [2.75, 3.05) is 26.8 Å². The Kier molecular flexibility index (Phi) is 6.81. The van der Waals surface area contributed by atoms with Gasteiger partial charge in [0.25, 0.3) is 0 Å². The van der Waals surface area contributed by atoms with Gasteiger partial charge in [0.1, 0.15) is 0 Å². The minimum absolute atomic E-state index is 0.0552. The van der Waals surface area contributed by atoms with Crippen LogP contribution in [0.5, 0.6) is 0 Å². The number of hydrogen-bond acceptors (Lipinski definition) is 2. The van der Waals surface area contributed by atoms with Crippen LogP contribution in [-0.4, -0.2) is 26.8 Å². The Hall–Kier alpha value is -0.280. The van der Waals surface area contributed by atoms with E-state index in [4.69, 9.17) is 27.9 Å². The molecule has 1 saturated carbocycles. The topological polar surface area (TPSA) is 21.3 Å². The van der Waals surface area contributed by atoms with Crippen LogP contribution in [0.1, 0.15) is 44.1 Å². The third-order valence-electron chi connectivity index (χ3n) is 4.50. The number of methoxy groups -OCH3 is 1. The van der Waals surface area contributed by atoms with E-state index >= 15 is 0 Å².